The van der Waals surface area contributed by atoms with Crippen molar-refractivity contribution in [1.29, 1.82) is 0 Å². The van der Waals surface area contributed by atoms with Crippen LogP contribution in [-0.4, -0.2) is 39.4 Å². The zero-order chi connectivity index (χ0) is 17.3. The molecule has 1 spiro atoms. The Kier molecular flexibility index (Phi) is 2.59. The van der Waals surface area contributed by atoms with Crippen molar-refractivity contribution in [1.82, 2.24) is 0 Å². The molecular formula is C20H28O4. The second-order valence-electron chi connectivity index (χ2n) is 9.74. The van der Waals surface area contributed by atoms with Crippen LogP contribution < -0.4 is 0 Å². The van der Waals surface area contributed by atoms with Gasteiger partial charge in [0.15, 0.2) is 0 Å². The summed E-state index contributed by atoms with van der Waals surface area (Å²) in [6.45, 7) is 8.37. The highest BCUT2D eigenvalue weighted by Gasteiger charge is 2.87. The number of fused-ring (bicyclic) bond motifs is 1. The van der Waals surface area contributed by atoms with Gasteiger partial charge in [-0.25, -0.2) is 0 Å². The van der Waals surface area contributed by atoms with Gasteiger partial charge in [-0.1, -0.05) is 26.8 Å². The SMILES string of the molecule is CC1=CC[C@@H]2[C@@]3(C)CC[C@@]4(C)[C@H](C)CC(=O)[C@H]5[C@@]2(O[C@@H]3[C@]54O)[C@H]1O. The lowest BCUT2D eigenvalue weighted by molar-refractivity contribution is -0.244. The van der Waals surface area contributed by atoms with Crippen LogP contribution in [0, 0.1) is 28.6 Å². The fraction of sp³-hybridized carbons (Fsp3) is 0.850. The fourth-order valence-corrected chi connectivity index (χ4v) is 7.56. The molecule has 0 amide bonds. The van der Waals surface area contributed by atoms with Gasteiger partial charge in [0.25, 0.3) is 0 Å². The van der Waals surface area contributed by atoms with Crippen LogP contribution in [0.5, 0.6) is 0 Å². The van der Waals surface area contributed by atoms with Gasteiger partial charge in [-0.05, 0) is 37.7 Å². The van der Waals surface area contributed by atoms with Gasteiger partial charge >= 0.3 is 0 Å². The van der Waals surface area contributed by atoms with Crippen molar-refractivity contribution >= 4 is 5.78 Å². The maximum atomic E-state index is 13.1. The van der Waals surface area contributed by atoms with Crippen molar-refractivity contribution in [3.8, 4) is 0 Å². The van der Waals surface area contributed by atoms with E-state index in [-0.39, 0.29) is 34.6 Å². The average Bonchev–Trinajstić information content (AvgIpc) is 2.95. The fourth-order valence-electron chi connectivity index (χ4n) is 7.56. The second kappa shape index (κ2) is 3.99. The lowest BCUT2D eigenvalue weighted by atomic mass is 9.36. The Hall–Kier alpha value is -0.710. The average molecular weight is 332 g/mol. The van der Waals surface area contributed by atoms with Crippen LogP contribution in [0.2, 0.25) is 0 Å². The number of aliphatic hydroxyl groups excluding tert-OH is 1. The van der Waals surface area contributed by atoms with Gasteiger partial charge in [-0.3, -0.25) is 4.79 Å². The van der Waals surface area contributed by atoms with Gasteiger partial charge < -0.3 is 14.9 Å². The lowest BCUT2D eigenvalue weighted by Gasteiger charge is -2.67. The molecule has 4 fully saturated rings. The Bertz CT molecular complexity index is 685. The standard InChI is InChI=1S/C20H28O4/c1-10-5-6-13-17(3)7-8-18(4)11(2)9-12(21)14-19(13,15(10)22)24-16(17)20(14,18)23/h5,11,13-16,22-23H,6-9H2,1-4H3/t11-,13-,14+,15+,16+,17-,18+,19-,20-/m1/s1. The molecular weight excluding hydrogens is 304 g/mol. The predicted octanol–water partition coefficient (Wildman–Crippen LogP) is 2.23. The van der Waals surface area contributed by atoms with Crippen LogP contribution >= 0.6 is 0 Å². The maximum absolute atomic E-state index is 13.1. The van der Waals surface area contributed by atoms with Crippen LogP contribution in [0.25, 0.3) is 0 Å². The molecule has 0 aromatic carbocycles. The molecule has 0 aromatic rings. The van der Waals surface area contributed by atoms with Crippen molar-refractivity contribution in [2.24, 2.45) is 28.6 Å². The minimum atomic E-state index is -1.15. The monoisotopic (exact) mass is 332 g/mol. The third-order valence-corrected chi connectivity index (χ3v) is 9.10. The van der Waals surface area contributed by atoms with Gasteiger partial charge in [-0.2, -0.15) is 0 Å². The smallest absolute Gasteiger partial charge is 0.142 e. The van der Waals surface area contributed by atoms with Gasteiger partial charge in [0.2, 0.25) is 0 Å². The van der Waals surface area contributed by atoms with E-state index < -0.39 is 23.2 Å². The van der Waals surface area contributed by atoms with Crippen molar-refractivity contribution < 1.29 is 19.7 Å². The third-order valence-electron chi connectivity index (χ3n) is 9.10. The second-order valence-corrected chi connectivity index (χ2v) is 9.74. The molecule has 0 radical (unpaired) electrons. The number of carbonyl (C=O) groups is 1. The molecule has 0 unspecified atom stereocenters. The summed E-state index contributed by atoms with van der Waals surface area (Å²) in [7, 11) is 0. The molecule has 2 N–H and O–H groups in total. The van der Waals surface area contributed by atoms with Crippen LogP contribution in [-0.2, 0) is 9.53 Å². The Morgan fingerprint density at radius 2 is 2.00 bits per heavy atom. The molecule has 24 heavy (non-hydrogen) atoms. The first-order valence-corrected chi connectivity index (χ1v) is 9.41. The summed E-state index contributed by atoms with van der Waals surface area (Å²) in [4.78, 5) is 13.1. The first-order valence-electron chi connectivity index (χ1n) is 9.41. The molecule has 0 aromatic heterocycles. The molecule has 5 rings (SSSR count). The first kappa shape index (κ1) is 15.5. The maximum Gasteiger partial charge on any atom is 0.142 e. The van der Waals surface area contributed by atoms with E-state index in [0.717, 1.165) is 24.8 Å². The minimum Gasteiger partial charge on any atom is -0.386 e. The molecule has 9 atom stereocenters. The number of ether oxygens (including phenoxy) is 1. The van der Waals surface area contributed by atoms with E-state index in [1.54, 1.807) is 0 Å². The van der Waals surface area contributed by atoms with Crippen LogP contribution in [0.1, 0.15) is 53.4 Å². The van der Waals surface area contributed by atoms with Gasteiger partial charge in [0.05, 0.1) is 12.0 Å². The Labute approximate surface area is 143 Å². The van der Waals surface area contributed by atoms with E-state index in [1.807, 2.05) is 6.92 Å². The highest BCUT2D eigenvalue weighted by Crippen LogP contribution is 2.77. The molecule has 2 saturated heterocycles. The molecule has 2 saturated carbocycles. The first-order chi connectivity index (χ1) is 11.1. The summed E-state index contributed by atoms with van der Waals surface area (Å²) in [5, 5.41) is 23.2. The van der Waals surface area contributed by atoms with E-state index in [9.17, 15) is 15.0 Å². The molecule has 2 bridgehead atoms. The van der Waals surface area contributed by atoms with Gasteiger partial charge in [0.1, 0.15) is 23.1 Å². The summed E-state index contributed by atoms with van der Waals surface area (Å²) in [6, 6.07) is 0. The number of hydrogen-bond acceptors (Lipinski definition) is 4. The number of Topliss-reactive ketones (excluding diaryl/α,β-unsaturated/α-hetero) is 1. The molecule has 3 aliphatic carbocycles. The number of rotatable bonds is 0. The Morgan fingerprint density at radius 1 is 1.29 bits per heavy atom. The normalized spacial score (nSPS) is 64.0. The van der Waals surface area contributed by atoms with Crippen molar-refractivity contribution in [2.75, 3.05) is 0 Å². The molecule has 5 aliphatic rings. The summed E-state index contributed by atoms with van der Waals surface area (Å²) in [5.41, 5.74) is -1.68. The number of ketones is 1. The number of aliphatic hydroxyl groups is 2. The van der Waals surface area contributed by atoms with E-state index in [4.69, 9.17) is 4.74 Å². The summed E-state index contributed by atoms with van der Waals surface area (Å²) in [5.74, 6) is -0.243. The van der Waals surface area contributed by atoms with Crippen LogP contribution in [0.4, 0.5) is 0 Å². The summed E-state index contributed by atoms with van der Waals surface area (Å²) < 4.78 is 6.56. The molecule has 2 heterocycles. The molecule has 4 nitrogen and oxygen atoms in total. The highest BCUT2D eigenvalue weighted by atomic mass is 16.6. The Morgan fingerprint density at radius 3 is 2.71 bits per heavy atom. The van der Waals surface area contributed by atoms with E-state index in [2.05, 4.69) is 26.8 Å². The van der Waals surface area contributed by atoms with Crippen molar-refractivity contribution in [2.45, 2.75) is 76.8 Å². The Balaban J connectivity index is 1.81. The zero-order valence-corrected chi connectivity index (χ0v) is 15.0. The minimum absolute atomic E-state index is 0.0904. The quantitative estimate of drug-likeness (QED) is 0.668. The molecule has 4 heteroatoms. The molecule has 2 aliphatic heterocycles. The van der Waals surface area contributed by atoms with E-state index in [1.165, 1.54) is 0 Å². The number of carbonyl (C=O) groups excluding carboxylic acids is 1. The van der Waals surface area contributed by atoms with Crippen molar-refractivity contribution in [3.05, 3.63) is 11.6 Å². The van der Waals surface area contributed by atoms with Crippen LogP contribution in [0.15, 0.2) is 11.6 Å². The van der Waals surface area contributed by atoms with E-state index in [0.29, 0.717) is 6.42 Å². The lowest BCUT2D eigenvalue weighted by Crippen LogP contribution is -2.77. The summed E-state index contributed by atoms with van der Waals surface area (Å²) >= 11 is 0. The summed E-state index contributed by atoms with van der Waals surface area (Å²) in [6.07, 6.45) is 4.21. The van der Waals surface area contributed by atoms with E-state index >= 15 is 0 Å². The predicted molar refractivity (Wildman–Crippen MR) is 88.2 cm³/mol. The number of allylic oxidation sites excluding steroid dienone is 1. The largest absolute Gasteiger partial charge is 0.386 e. The third kappa shape index (κ3) is 1.20. The highest BCUT2D eigenvalue weighted by molar-refractivity contribution is 5.87. The van der Waals surface area contributed by atoms with Crippen LogP contribution in [0.3, 0.4) is 0 Å². The molecule has 132 valence electrons. The van der Waals surface area contributed by atoms with Crippen molar-refractivity contribution in [3.63, 3.8) is 0 Å². The van der Waals surface area contributed by atoms with Gasteiger partial charge in [-0.15, -0.1) is 0 Å². The van der Waals surface area contributed by atoms with Gasteiger partial charge in [0, 0.05) is 23.2 Å². The topological polar surface area (TPSA) is 66.8 Å². The number of hydrogen-bond donors (Lipinski definition) is 2. The zero-order valence-electron chi connectivity index (χ0n) is 15.0.